The fraction of sp³-hybridized carbons (Fsp3) is 0.211. The van der Waals surface area contributed by atoms with E-state index >= 15 is 0 Å². The van der Waals surface area contributed by atoms with E-state index in [1.807, 2.05) is 36.4 Å². The van der Waals surface area contributed by atoms with Crippen molar-refractivity contribution in [2.24, 2.45) is 0 Å². The van der Waals surface area contributed by atoms with Gasteiger partial charge in [0.25, 0.3) is 5.91 Å². The number of phenols is 1. The summed E-state index contributed by atoms with van der Waals surface area (Å²) < 4.78 is 1.65. The Hall–Kier alpha value is -3.15. The van der Waals surface area contributed by atoms with Crippen LogP contribution >= 0.6 is 0 Å². The second-order valence-corrected chi connectivity index (χ2v) is 6.20. The number of fused-ring (bicyclic) bond motifs is 1. The maximum atomic E-state index is 12.5. The van der Waals surface area contributed by atoms with Crippen LogP contribution in [0.2, 0.25) is 0 Å². The highest BCUT2D eigenvalue weighted by Gasteiger charge is 2.26. The second-order valence-electron chi connectivity index (χ2n) is 6.20. The number of amides is 1. The highest BCUT2D eigenvalue weighted by Crippen LogP contribution is 2.36. The molecule has 0 fully saturated rings. The summed E-state index contributed by atoms with van der Waals surface area (Å²) in [5.74, 6) is 0.0450. The average Bonchev–Trinajstić information content (AvgIpc) is 3.24. The number of hydrogen-bond donors (Lipinski definition) is 2. The Balaban J connectivity index is 1.46. The van der Waals surface area contributed by atoms with Crippen molar-refractivity contribution in [1.82, 2.24) is 20.3 Å². The van der Waals surface area contributed by atoms with Crippen molar-refractivity contribution in [3.8, 4) is 5.75 Å². The van der Waals surface area contributed by atoms with Crippen LogP contribution in [0.1, 0.15) is 39.6 Å². The fourth-order valence-electron chi connectivity index (χ4n) is 3.27. The third-order valence-corrected chi connectivity index (χ3v) is 4.51. The molecule has 1 aliphatic rings. The monoisotopic (exact) mass is 334 g/mol. The third kappa shape index (κ3) is 3.10. The molecule has 2 N–H and O–H groups in total. The first kappa shape index (κ1) is 15.4. The molecule has 6 nitrogen and oxygen atoms in total. The third-order valence-electron chi connectivity index (χ3n) is 4.51. The average molecular weight is 334 g/mol. The Labute approximate surface area is 145 Å². The van der Waals surface area contributed by atoms with E-state index in [1.54, 1.807) is 23.0 Å². The number of rotatable bonds is 4. The molecule has 0 unspecified atom stereocenters. The van der Waals surface area contributed by atoms with Crippen LogP contribution in [-0.4, -0.2) is 26.0 Å². The van der Waals surface area contributed by atoms with Crippen molar-refractivity contribution in [3.05, 3.63) is 77.1 Å². The largest absolute Gasteiger partial charge is 0.508 e. The minimum absolute atomic E-state index is 0.103. The molecule has 0 saturated carbocycles. The number of hydrogen-bond acceptors (Lipinski definition) is 4. The van der Waals surface area contributed by atoms with Crippen LogP contribution in [0.5, 0.6) is 5.75 Å². The molecule has 2 aromatic carbocycles. The minimum Gasteiger partial charge on any atom is -0.508 e. The molecule has 1 aliphatic carbocycles. The molecule has 126 valence electrons. The summed E-state index contributed by atoms with van der Waals surface area (Å²) in [5, 5.41) is 20.9. The van der Waals surface area contributed by atoms with Gasteiger partial charge in [-0.15, -0.1) is 5.10 Å². The van der Waals surface area contributed by atoms with E-state index < -0.39 is 0 Å². The molecule has 25 heavy (non-hydrogen) atoms. The number of nitrogens with one attached hydrogen (secondary N) is 1. The van der Waals surface area contributed by atoms with E-state index in [0.717, 1.165) is 29.5 Å². The molecule has 1 heterocycles. The molecule has 0 saturated heterocycles. The van der Waals surface area contributed by atoms with Gasteiger partial charge in [0.2, 0.25) is 0 Å². The zero-order valence-corrected chi connectivity index (χ0v) is 13.6. The van der Waals surface area contributed by atoms with Gasteiger partial charge in [-0.1, -0.05) is 47.7 Å². The summed E-state index contributed by atoms with van der Waals surface area (Å²) >= 11 is 0. The number of aromatic nitrogens is 3. The smallest absolute Gasteiger partial charge is 0.273 e. The lowest BCUT2D eigenvalue weighted by Gasteiger charge is -2.13. The first-order valence-corrected chi connectivity index (χ1v) is 8.26. The molecule has 0 aliphatic heterocycles. The van der Waals surface area contributed by atoms with Gasteiger partial charge >= 0.3 is 0 Å². The number of carbonyl (C=O) groups excluding carboxylic acids is 1. The summed E-state index contributed by atoms with van der Waals surface area (Å²) in [4.78, 5) is 12.5. The quantitative estimate of drug-likeness (QED) is 0.768. The number of phenolic OH excluding ortho intramolecular Hbond substituents is 1. The van der Waals surface area contributed by atoms with Crippen molar-refractivity contribution >= 4 is 5.91 Å². The second kappa shape index (κ2) is 6.39. The maximum Gasteiger partial charge on any atom is 0.273 e. The van der Waals surface area contributed by atoms with Crippen molar-refractivity contribution in [2.75, 3.05) is 0 Å². The van der Waals surface area contributed by atoms with E-state index in [9.17, 15) is 9.90 Å². The van der Waals surface area contributed by atoms with E-state index in [4.69, 9.17) is 0 Å². The molecule has 3 aromatic rings. The molecule has 0 bridgehead atoms. The van der Waals surface area contributed by atoms with Gasteiger partial charge in [0.15, 0.2) is 5.69 Å². The van der Waals surface area contributed by atoms with Crippen LogP contribution in [0.15, 0.2) is 54.7 Å². The first-order chi connectivity index (χ1) is 12.2. The molecule has 1 aromatic heterocycles. The SMILES string of the molecule is O=C(N[C@@H]1CCc2c(O)cccc21)c1cn(Cc2ccccc2)nn1. The van der Waals surface area contributed by atoms with Crippen LogP contribution in [0.4, 0.5) is 0 Å². The van der Waals surface area contributed by atoms with Crippen LogP contribution in [0.25, 0.3) is 0 Å². The summed E-state index contributed by atoms with van der Waals surface area (Å²) in [7, 11) is 0. The van der Waals surface area contributed by atoms with Crippen molar-refractivity contribution in [3.63, 3.8) is 0 Å². The van der Waals surface area contributed by atoms with Crippen LogP contribution < -0.4 is 5.32 Å². The van der Waals surface area contributed by atoms with E-state index in [-0.39, 0.29) is 11.9 Å². The molecule has 1 amide bonds. The van der Waals surface area contributed by atoms with Crippen molar-refractivity contribution in [1.29, 1.82) is 0 Å². The van der Waals surface area contributed by atoms with Crippen LogP contribution in [-0.2, 0) is 13.0 Å². The molecular formula is C19H18N4O2. The molecule has 6 heteroatoms. The van der Waals surface area contributed by atoms with Gasteiger partial charge in [-0.05, 0) is 35.6 Å². The summed E-state index contributed by atoms with van der Waals surface area (Å²) in [6.45, 7) is 0.571. The molecule has 4 rings (SSSR count). The van der Waals surface area contributed by atoms with E-state index in [1.165, 1.54) is 0 Å². The van der Waals surface area contributed by atoms with Gasteiger partial charge in [-0.25, -0.2) is 4.68 Å². The Kier molecular flexibility index (Phi) is 3.93. The Morgan fingerprint density at radius 3 is 2.88 bits per heavy atom. The summed E-state index contributed by atoms with van der Waals surface area (Å²) in [6, 6.07) is 15.2. The van der Waals surface area contributed by atoms with Crippen molar-refractivity contribution < 1.29 is 9.90 Å². The Bertz CT molecular complexity index is 905. The highest BCUT2D eigenvalue weighted by molar-refractivity contribution is 5.92. The molecular weight excluding hydrogens is 316 g/mol. The molecule has 0 spiro atoms. The predicted molar refractivity (Wildman–Crippen MR) is 92.2 cm³/mol. The maximum absolute atomic E-state index is 12.5. The van der Waals surface area contributed by atoms with Gasteiger partial charge in [0.1, 0.15) is 5.75 Å². The Morgan fingerprint density at radius 1 is 1.20 bits per heavy atom. The lowest BCUT2D eigenvalue weighted by Crippen LogP contribution is -2.27. The zero-order valence-electron chi connectivity index (χ0n) is 13.6. The highest BCUT2D eigenvalue weighted by atomic mass is 16.3. The number of benzene rings is 2. The van der Waals surface area contributed by atoms with Gasteiger partial charge in [-0.3, -0.25) is 4.79 Å². The standard InChI is InChI=1S/C19H18N4O2/c24-18-8-4-7-14-15(18)9-10-16(14)20-19(25)17-12-23(22-21-17)11-13-5-2-1-3-6-13/h1-8,12,16,24H,9-11H2,(H,20,25)/t16-/m1/s1. The van der Waals surface area contributed by atoms with Crippen LogP contribution in [0.3, 0.4) is 0 Å². The lowest BCUT2D eigenvalue weighted by atomic mass is 10.1. The lowest BCUT2D eigenvalue weighted by molar-refractivity contribution is 0.0931. The summed E-state index contributed by atoms with van der Waals surface area (Å²) in [6.07, 6.45) is 3.19. The fourth-order valence-corrected chi connectivity index (χ4v) is 3.27. The van der Waals surface area contributed by atoms with E-state index in [2.05, 4.69) is 15.6 Å². The number of aromatic hydroxyl groups is 1. The zero-order chi connectivity index (χ0) is 17.2. The summed E-state index contributed by atoms with van der Waals surface area (Å²) in [5.41, 5.74) is 3.29. The van der Waals surface area contributed by atoms with Crippen molar-refractivity contribution in [2.45, 2.75) is 25.4 Å². The topological polar surface area (TPSA) is 80.0 Å². The molecule has 1 atom stereocenters. The first-order valence-electron chi connectivity index (χ1n) is 8.26. The van der Waals surface area contributed by atoms with Gasteiger partial charge < -0.3 is 10.4 Å². The van der Waals surface area contributed by atoms with Gasteiger partial charge in [0.05, 0.1) is 18.8 Å². The van der Waals surface area contributed by atoms with Crippen LogP contribution in [0, 0.1) is 0 Å². The van der Waals surface area contributed by atoms with Gasteiger partial charge in [-0.2, -0.15) is 0 Å². The normalized spacial score (nSPS) is 15.8. The predicted octanol–water partition coefficient (Wildman–Crippen LogP) is 2.45. The number of nitrogens with zero attached hydrogens (tertiary/aromatic N) is 3. The Morgan fingerprint density at radius 2 is 2.04 bits per heavy atom. The minimum atomic E-state index is -0.250. The molecule has 0 radical (unpaired) electrons. The number of carbonyl (C=O) groups is 1. The van der Waals surface area contributed by atoms with E-state index in [0.29, 0.717) is 18.0 Å². The van der Waals surface area contributed by atoms with Gasteiger partial charge in [0, 0.05) is 0 Å².